The number of sulfonamides is 1. The second kappa shape index (κ2) is 7.75. The van der Waals surface area contributed by atoms with Gasteiger partial charge in [-0.15, -0.1) is 0 Å². The van der Waals surface area contributed by atoms with Crippen LogP contribution in [-0.4, -0.2) is 33.3 Å². The van der Waals surface area contributed by atoms with Crippen LogP contribution in [0.4, 0.5) is 0 Å². The molecule has 1 aromatic carbocycles. The van der Waals surface area contributed by atoms with Crippen molar-refractivity contribution in [3.63, 3.8) is 0 Å². The standard InChI is InChI=1S/C13H19N4O3S/c1-10-4-6-12(7-5-10)21(19,20)17-11(9-18)3-2-8-16-13(14)15/h4-7,11,17H,2-3,8H2,1H3,(H4,14,15,16). The van der Waals surface area contributed by atoms with E-state index in [1.807, 2.05) is 6.92 Å². The van der Waals surface area contributed by atoms with Crippen molar-refractivity contribution in [3.8, 4) is 0 Å². The van der Waals surface area contributed by atoms with Crippen molar-refractivity contribution in [1.82, 2.24) is 10.0 Å². The van der Waals surface area contributed by atoms with Crippen LogP contribution in [0.1, 0.15) is 18.4 Å². The van der Waals surface area contributed by atoms with Crippen LogP contribution >= 0.6 is 0 Å². The fraction of sp³-hybridized carbons (Fsp3) is 0.385. The average Bonchev–Trinajstić information content (AvgIpc) is 2.42. The van der Waals surface area contributed by atoms with Gasteiger partial charge in [0, 0.05) is 6.54 Å². The summed E-state index contributed by atoms with van der Waals surface area (Å²) in [6.07, 6.45) is 2.43. The number of carbonyl (C=O) groups excluding carboxylic acids is 1. The Morgan fingerprint density at radius 2 is 2.00 bits per heavy atom. The maximum Gasteiger partial charge on any atom is 0.241 e. The summed E-state index contributed by atoms with van der Waals surface area (Å²) in [6.45, 7) is 2.24. The van der Waals surface area contributed by atoms with E-state index in [-0.39, 0.29) is 17.3 Å². The fourth-order valence-electron chi connectivity index (χ4n) is 1.64. The lowest BCUT2D eigenvalue weighted by Crippen LogP contribution is -2.37. The highest BCUT2D eigenvalue weighted by Crippen LogP contribution is 2.11. The van der Waals surface area contributed by atoms with Gasteiger partial charge in [-0.3, -0.25) is 10.2 Å². The van der Waals surface area contributed by atoms with Crippen LogP contribution in [-0.2, 0) is 14.8 Å². The molecule has 1 radical (unpaired) electrons. The number of rotatable bonds is 8. The molecule has 0 amide bonds. The Balaban J connectivity index is 2.60. The van der Waals surface area contributed by atoms with Gasteiger partial charge in [0.25, 0.3) is 0 Å². The Morgan fingerprint density at radius 1 is 1.38 bits per heavy atom. The lowest BCUT2D eigenvalue weighted by Gasteiger charge is -2.13. The van der Waals surface area contributed by atoms with E-state index in [1.165, 1.54) is 12.1 Å². The molecule has 0 aliphatic heterocycles. The molecule has 0 saturated carbocycles. The Kier molecular flexibility index (Phi) is 6.32. The van der Waals surface area contributed by atoms with Crippen molar-refractivity contribution < 1.29 is 13.2 Å². The number of nitrogens with two attached hydrogens (primary N) is 1. The third-order valence-corrected chi connectivity index (χ3v) is 4.24. The minimum atomic E-state index is -3.74. The largest absolute Gasteiger partial charge is 0.370 e. The highest BCUT2D eigenvalue weighted by Gasteiger charge is 2.19. The second-order valence-electron chi connectivity index (χ2n) is 4.59. The summed E-state index contributed by atoms with van der Waals surface area (Å²) in [5.74, 6) is -0.165. The van der Waals surface area contributed by atoms with Gasteiger partial charge in [-0.1, -0.05) is 17.7 Å². The molecule has 0 bridgehead atoms. The molecule has 0 aromatic heterocycles. The van der Waals surface area contributed by atoms with Gasteiger partial charge < -0.3 is 11.1 Å². The molecular weight excluding hydrogens is 292 g/mol. The van der Waals surface area contributed by atoms with Gasteiger partial charge in [0.2, 0.25) is 16.3 Å². The number of hydrogen-bond donors (Lipinski definition) is 4. The van der Waals surface area contributed by atoms with Crippen molar-refractivity contribution in [3.05, 3.63) is 29.8 Å². The molecule has 1 aromatic rings. The SMILES string of the molecule is Cc1ccc(S(=O)(=O)NC([C]=O)CCCNC(=N)N)cc1. The van der Waals surface area contributed by atoms with Gasteiger partial charge >= 0.3 is 0 Å². The maximum absolute atomic E-state index is 12.1. The number of aryl methyl sites for hydroxylation is 1. The van der Waals surface area contributed by atoms with Crippen LogP contribution in [0.25, 0.3) is 0 Å². The van der Waals surface area contributed by atoms with Crippen LogP contribution in [0.3, 0.4) is 0 Å². The Bertz CT molecular complexity index is 584. The number of nitrogens with one attached hydrogen (secondary N) is 3. The van der Waals surface area contributed by atoms with Crippen molar-refractivity contribution >= 4 is 22.3 Å². The van der Waals surface area contributed by atoms with Crippen LogP contribution < -0.4 is 15.8 Å². The summed E-state index contributed by atoms with van der Waals surface area (Å²) >= 11 is 0. The van der Waals surface area contributed by atoms with Crippen molar-refractivity contribution in [2.45, 2.75) is 30.7 Å². The van der Waals surface area contributed by atoms with Gasteiger partial charge in [-0.05, 0) is 31.9 Å². The zero-order valence-electron chi connectivity index (χ0n) is 11.7. The molecular formula is C13H19N4O3S. The first kappa shape index (κ1) is 17.1. The Morgan fingerprint density at radius 3 is 2.52 bits per heavy atom. The highest BCUT2D eigenvalue weighted by atomic mass is 32.2. The lowest BCUT2D eigenvalue weighted by molar-refractivity contribution is 0.512. The van der Waals surface area contributed by atoms with Crippen molar-refractivity contribution in [2.75, 3.05) is 6.54 Å². The minimum absolute atomic E-state index is 0.107. The van der Waals surface area contributed by atoms with Crippen LogP contribution in [0, 0.1) is 12.3 Å². The van der Waals surface area contributed by atoms with E-state index in [0.717, 1.165) is 5.56 Å². The quantitative estimate of drug-likeness (QED) is 0.306. The monoisotopic (exact) mass is 311 g/mol. The molecule has 0 saturated heterocycles. The van der Waals surface area contributed by atoms with Gasteiger partial charge in [0.15, 0.2) is 5.96 Å². The molecule has 8 heteroatoms. The van der Waals surface area contributed by atoms with E-state index in [1.54, 1.807) is 18.4 Å². The van der Waals surface area contributed by atoms with E-state index >= 15 is 0 Å². The summed E-state index contributed by atoms with van der Waals surface area (Å²) in [6, 6.07) is 5.41. The van der Waals surface area contributed by atoms with E-state index in [0.29, 0.717) is 13.0 Å². The van der Waals surface area contributed by atoms with Gasteiger partial charge in [0.05, 0.1) is 10.9 Å². The number of benzene rings is 1. The second-order valence-corrected chi connectivity index (χ2v) is 6.30. The number of guanidine groups is 1. The van der Waals surface area contributed by atoms with E-state index in [2.05, 4.69) is 10.0 Å². The third kappa shape index (κ3) is 5.92. The van der Waals surface area contributed by atoms with E-state index in [4.69, 9.17) is 11.1 Å². The molecule has 7 nitrogen and oxygen atoms in total. The van der Waals surface area contributed by atoms with E-state index < -0.39 is 16.1 Å². The molecule has 5 N–H and O–H groups in total. The predicted octanol–water partition coefficient (Wildman–Crippen LogP) is 0.0149. The average molecular weight is 311 g/mol. The van der Waals surface area contributed by atoms with Crippen molar-refractivity contribution in [1.29, 1.82) is 5.41 Å². The summed E-state index contributed by atoms with van der Waals surface area (Å²) in [5.41, 5.74) is 6.06. The zero-order valence-corrected chi connectivity index (χ0v) is 12.5. The molecule has 1 atom stereocenters. The highest BCUT2D eigenvalue weighted by molar-refractivity contribution is 7.89. The summed E-state index contributed by atoms with van der Waals surface area (Å²) in [4.78, 5) is 11.0. The maximum atomic E-state index is 12.1. The normalized spacial score (nSPS) is 12.6. The molecule has 1 unspecified atom stereocenters. The summed E-state index contributed by atoms with van der Waals surface area (Å²) in [7, 11) is -3.74. The first-order valence-corrected chi connectivity index (χ1v) is 7.88. The molecule has 0 heterocycles. The predicted molar refractivity (Wildman–Crippen MR) is 80.1 cm³/mol. The third-order valence-electron chi connectivity index (χ3n) is 2.76. The molecule has 21 heavy (non-hydrogen) atoms. The van der Waals surface area contributed by atoms with Gasteiger partial charge in [0.1, 0.15) is 0 Å². The van der Waals surface area contributed by atoms with Gasteiger partial charge in [-0.2, -0.15) is 0 Å². The number of hydrogen-bond acceptors (Lipinski definition) is 4. The lowest BCUT2D eigenvalue weighted by atomic mass is 10.2. The van der Waals surface area contributed by atoms with Gasteiger partial charge in [-0.25, -0.2) is 13.1 Å². The van der Waals surface area contributed by atoms with Crippen molar-refractivity contribution in [2.24, 2.45) is 5.73 Å². The summed E-state index contributed by atoms with van der Waals surface area (Å²) < 4.78 is 26.5. The van der Waals surface area contributed by atoms with Crippen LogP contribution in [0.2, 0.25) is 0 Å². The smallest absolute Gasteiger partial charge is 0.241 e. The summed E-state index contributed by atoms with van der Waals surface area (Å²) in [5, 5.41) is 9.56. The van der Waals surface area contributed by atoms with Crippen LogP contribution in [0.5, 0.6) is 0 Å². The topological polar surface area (TPSA) is 125 Å². The molecule has 0 aliphatic carbocycles. The van der Waals surface area contributed by atoms with Crippen LogP contribution in [0.15, 0.2) is 29.2 Å². The van der Waals surface area contributed by atoms with E-state index in [9.17, 15) is 13.2 Å². The molecule has 115 valence electrons. The first-order valence-electron chi connectivity index (χ1n) is 6.39. The molecule has 0 fully saturated rings. The zero-order chi connectivity index (χ0) is 15.9. The Labute approximate surface area is 124 Å². The molecule has 1 rings (SSSR count). The first-order chi connectivity index (χ1) is 9.85. The minimum Gasteiger partial charge on any atom is -0.370 e. The Hall–Kier alpha value is -1.93. The fourth-order valence-corrected chi connectivity index (χ4v) is 2.81. The molecule has 0 aliphatic rings. The molecule has 0 spiro atoms.